The molecule has 0 saturated carbocycles. The van der Waals surface area contributed by atoms with E-state index in [1.165, 1.54) is 24.3 Å². The summed E-state index contributed by atoms with van der Waals surface area (Å²) < 4.78 is 70.7. The molecular formula is C12H10N2O6S3. The van der Waals surface area contributed by atoms with Gasteiger partial charge in [-0.3, -0.25) is 0 Å². The van der Waals surface area contributed by atoms with Crippen LogP contribution in [0.3, 0.4) is 0 Å². The second-order valence-electron chi connectivity index (χ2n) is 4.91. The van der Waals surface area contributed by atoms with Crippen LogP contribution < -0.4 is 10.3 Å². The molecule has 3 rings (SSSR count). The number of sulfone groups is 1. The maximum absolute atomic E-state index is 12.6. The first kappa shape index (κ1) is 16.1. The summed E-state index contributed by atoms with van der Waals surface area (Å²) in [6.07, 6.45) is 0. The Morgan fingerprint density at radius 2 is 1.04 bits per heavy atom. The van der Waals surface area contributed by atoms with Gasteiger partial charge in [-0.15, -0.1) is 0 Å². The predicted molar refractivity (Wildman–Crippen MR) is 80.1 cm³/mol. The van der Waals surface area contributed by atoms with Crippen molar-refractivity contribution >= 4 is 29.9 Å². The maximum Gasteiger partial charge on any atom is 0.238 e. The Hall–Kier alpha value is -1.79. The van der Waals surface area contributed by atoms with Crippen LogP contribution in [0.1, 0.15) is 0 Å². The molecule has 1 heterocycles. The molecule has 4 N–H and O–H groups in total. The number of fused-ring (bicyclic) bond motifs is 3. The Kier molecular flexibility index (Phi) is 3.23. The third-order valence-corrected chi connectivity index (χ3v) is 7.09. The lowest BCUT2D eigenvalue weighted by atomic mass is 10.1. The summed E-state index contributed by atoms with van der Waals surface area (Å²) in [5.41, 5.74) is 0.543. The number of hydrogen-bond acceptors (Lipinski definition) is 6. The summed E-state index contributed by atoms with van der Waals surface area (Å²) in [4.78, 5) is -1.19. The van der Waals surface area contributed by atoms with Crippen molar-refractivity contribution < 1.29 is 25.3 Å². The van der Waals surface area contributed by atoms with Crippen molar-refractivity contribution in [3.8, 4) is 11.1 Å². The fourth-order valence-electron chi connectivity index (χ4n) is 2.37. The van der Waals surface area contributed by atoms with Crippen LogP contribution in [0.25, 0.3) is 11.1 Å². The maximum atomic E-state index is 12.6. The summed E-state index contributed by atoms with van der Waals surface area (Å²) in [7, 11) is -12.2. The third-order valence-electron chi connectivity index (χ3n) is 3.43. The van der Waals surface area contributed by atoms with Crippen molar-refractivity contribution in [2.75, 3.05) is 0 Å². The van der Waals surface area contributed by atoms with E-state index in [0.29, 0.717) is 0 Å². The number of benzene rings is 2. The average molecular weight is 374 g/mol. The second kappa shape index (κ2) is 4.61. The van der Waals surface area contributed by atoms with Crippen LogP contribution in [-0.2, 0) is 29.9 Å². The van der Waals surface area contributed by atoms with Gasteiger partial charge in [-0.1, -0.05) is 12.1 Å². The van der Waals surface area contributed by atoms with Gasteiger partial charge in [0.15, 0.2) is 0 Å². The number of rotatable bonds is 2. The van der Waals surface area contributed by atoms with Gasteiger partial charge in [0.05, 0.1) is 19.6 Å². The van der Waals surface area contributed by atoms with Crippen molar-refractivity contribution in [2.24, 2.45) is 10.3 Å². The molecule has 0 atom stereocenters. The summed E-state index contributed by atoms with van der Waals surface area (Å²) in [5.74, 6) is 0. The molecular weight excluding hydrogens is 364 g/mol. The van der Waals surface area contributed by atoms with Crippen LogP contribution in [0.4, 0.5) is 0 Å². The SMILES string of the molecule is NS(=O)(=O)c1ccc2c(c1)S(=O)(=O)c1cc(S(N)(=O)=O)ccc1-2. The monoisotopic (exact) mass is 374 g/mol. The van der Waals surface area contributed by atoms with E-state index in [1.54, 1.807) is 0 Å². The van der Waals surface area contributed by atoms with Gasteiger partial charge in [0.2, 0.25) is 29.9 Å². The highest BCUT2D eigenvalue weighted by atomic mass is 32.2. The molecule has 0 bridgehead atoms. The summed E-state index contributed by atoms with van der Waals surface area (Å²) in [6, 6.07) is 6.91. The summed E-state index contributed by atoms with van der Waals surface area (Å²) in [6.45, 7) is 0. The number of primary sulfonamides is 2. The summed E-state index contributed by atoms with van der Waals surface area (Å²) >= 11 is 0. The second-order valence-corrected chi connectivity index (χ2v) is 9.92. The highest BCUT2D eigenvalue weighted by molar-refractivity contribution is 7.92. The molecule has 0 spiro atoms. The molecule has 0 fully saturated rings. The molecule has 0 amide bonds. The molecule has 11 heteroatoms. The minimum absolute atomic E-state index is 0.245. The average Bonchev–Trinajstić information content (AvgIpc) is 2.65. The molecule has 2 aromatic carbocycles. The molecule has 0 unspecified atom stereocenters. The van der Waals surface area contributed by atoms with Crippen LogP contribution in [-0.4, -0.2) is 25.3 Å². The largest absolute Gasteiger partial charge is 0.238 e. The van der Waals surface area contributed by atoms with E-state index in [1.807, 2.05) is 0 Å². The Labute approximate surface area is 132 Å². The Morgan fingerprint density at radius 1 is 0.696 bits per heavy atom. The first-order valence-electron chi connectivity index (χ1n) is 6.01. The molecule has 2 aromatic rings. The van der Waals surface area contributed by atoms with Gasteiger partial charge in [-0.25, -0.2) is 35.5 Å². The Bertz CT molecular complexity index is 1080. The molecule has 0 saturated heterocycles. The zero-order chi connectivity index (χ0) is 17.2. The molecule has 1 aliphatic rings. The molecule has 23 heavy (non-hydrogen) atoms. The Morgan fingerprint density at radius 3 is 1.35 bits per heavy atom. The normalized spacial score (nSPS) is 15.9. The Balaban J connectivity index is 2.35. The number of nitrogens with two attached hydrogens (primary N) is 2. The van der Waals surface area contributed by atoms with E-state index in [2.05, 4.69) is 0 Å². The fourth-order valence-corrected chi connectivity index (χ4v) is 5.33. The van der Waals surface area contributed by atoms with Gasteiger partial charge >= 0.3 is 0 Å². The minimum Gasteiger partial charge on any atom is -0.225 e. The van der Waals surface area contributed by atoms with Gasteiger partial charge in [-0.2, -0.15) is 0 Å². The molecule has 0 aromatic heterocycles. The van der Waals surface area contributed by atoms with Crippen LogP contribution in [0.15, 0.2) is 56.0 Å². The van der Waals surface area contributed by atoms with Crippen LogP contribution in [0, 0.1) is 0 Å². The highest BCUT2D eigenvalue weighted by Crippen LogP contribution is 2.44. The van der Waals surface area contributed by atoms with E-state index >= 15 is 0 Å². The van der Waals surface area contributed by atoms with Crippen LogP contribution >= 0.6 is 0 Å². The van der Waals surface area contributed by atoms with Crippen molar-refractivity contribution in [1.82, 2.24) is 0 Å². The molecule has 0 radical (unpaired) electrons. The van der Waals surface area contributed by atoms with E-state index in [4.69, 9.17) is 10.3 Å². The van der Waals surface area contributed by atoms with E-state index in [9.17, 15) is 25.3 Å². The summed E-state index contributed by atoms with van der Waals surface area (Å²) in [5, 5.41) is 10.0. The minimum atomic E-state index is -4.07. The number of hydrogen-bond donors (Lipinski definition) is 2. The zero-order valence-corrected chi connectivity index (χ0v) is 13.7. The van der Waals surface area contributed by atoms with Gasteiger partial charge < -0.3 is 0 Å². The van der Waals surface area contributed by atoms with Gasteiger partial charge in [-0.05, 0) is 24.3 Å². The van der Waals surface area contributed by atoms with E-state index in [-0.39, 0.29) is 30.7 Å². The standard InChI is InChI=1S/C12H10N2O6S3/c13-22(17,18)7-1-3-9-10-4-2-8(23(14,19)20)6-12(10)21(15,16)11(9)5-7/h1-6H,(H2,13,17,18)(H2,14,19,20). The highest BCUT2D eigenvalue weighted by Gasteiger charge is 2.34. The molecule has 8 nitrogen and oxygen atoms in total. The lowest BCUT2D eigenvalue weighted by molar-refractivity contribution is 0.595. The van der Waals surface area contributed by atoms with Crippen molar-refractivity contribution in [3.05, 3.63) is 36.4 Å². The van der Waals surface area contributed by atoms with Crippen molar-refractivity contribution in [1.29, 1.82) is 0 Å². The fraction of sp³-hybridized carbons (Fsp3) is 0. The molecule has 122 valence electrons. The molecule has 1 aliphatic heterocycles. The molecule has 0 aliphatic carbocycles. The van der Waals surface area contributed by atoms with E-state index < -0.39 is 29.9 Å². The smallest absolute Gasteiger partial charge is 0.225 e. The van der Waals surface area contributed by atoms with Crippen LogP contribution in [0.5, 0.6) is 0 Å². The first-order chi connectivity index (χ1) is 10.4. The van der Waals surface area contributed by atoms with Crippen molar-refractivity contribution in [2.45, 2.75) is 19.6 Å². The lowest BCUT2D eigenvalue weighted by Crippen LogP contribution is -2.13. The van der Waals surface area contributed by atoms with Crippen molar-refractivity contribution in [3.63, 3.8) is 0 Å². The van der Waals surface area contributed by atoms with E-state index in [0.717, 1.165) is 12.1 Å². The van der Waals surface area contributed by atoms with Gasteiger partial charge in [0, 0.05) is 11.1 Å². The lowest BCUT2D eigenvalue weighted by Gasteiger charge is -2.02. The van der Waals surface area contributed by atoms with Gasteiger partial charge in [0.25, 0.3) is 0 Å². The predicted octanol–water partition coefficient (Wildman–Crippen LogP) is -0.205. The topological polar surface area (TPSA) is 154 Å². The third kappa shape index (κ3) is 2.46. The van der Waals surface area contributed by atoms with Gasteiger partial charge in [0.1, 0.15) is 0 Å². The first-order valence-corrected chi connectivity index (χ1v) is 10.6. The van der Waals surface area contributed by atoms with Crippen LogP contribution in [0.2, 0.25) is 0 Å². The quantitative estimate of drug-likeness (QED) is 0.632. The number of sulfonamides is 2. The zero-order valence-electron chi connectivity index (χ0n) is 11.3.